The molecule has 0 radical (unpaired) electrons. The summed E-state index contributed by atoms with van der Waals surface area (Å²) in [5, 5.41) is 10.6. The van der Waals surface area contributed by atoms with Crippen molar-refractivity contribution in [1.82, 2.24) is 30.2 Å². The predicted octanol–water partition coefficient (Wildman–Crippen LogP) is 3.65. The van der Waals surface area contributed by atoms with E-state index in [0.717, 1.165) is 16.9 Å². The molecule has 0 aliphatic rings. The molecule has 1 atom stereocenters. The summed E-state index contributed by atoms with van der Waals surface area (Å²) in [6, 6.07) is 17.9. The molecule has 0 bridgehead atoms. The Balaban J connectivity index is 1.48. The number of ether oxygens (including phenoxy) is 1. The van der Waals surface area contributed by atoms with Crippen LogP contribution in [0, 0.1) is 0 Å². The van der Waals surface area contributed by atoms with Gasteiger partial charge >= 0.3 is 0 Å². The van der Waals surface area contributed by atoms with Crippen LogP contribution in [-0.2, 0) is 6.54 Å². The Morgan fingerprint density at radius 3 is 2.50 bits per heavy atom. The van der Waals surface area contributed by atoms with Gasteiger partial charge in [-0.3, -0.25) is 9.78 Å². The Morgan fingerprint density at radius 1 is 1.08 bits per heavy atom. The molecule has 10 nitrogen and oxygen atoms in total. The van der Waals surface area contributed by atoms with Gasteiger partial charge in [-0.2, -0.15) is 0 Å². The molecule has 1 amide bonds. The summed E-state index contributed by atoms with van der Waals surface area (Å²) in [7, 11) is 1.64. The minimum absolute atomic E-state index is 0.0548. The van der Waals surface area contributed by atoms with Crippen LogP contribution in [0.1, 0.15) is 34.3 Å². The van der Waals surface area contributed by atoms with E-state index < -0.39 is 0 Å². The topological polar surface area (TPSA) is 134 Å². The van der Waals surface area contributed by atoms with Crippen LogP contribution in [0.15, 0.2) is 71.6 Å². The number of carbonyl (C=O) groups is 1. The normalized spacial score (nSPS) is 11.9. The van der Waals surface area contributed by atoms with Gasteiger partial charge in [-0.1, -0.05) is 42.5 Å². The zero-order chi connectivity index (χ0) is 25.1. The average Bonchev–Trinajstić information content (AvgIpc) is 3.52. The number of nitrogens with two attached hydrogens (primary N) is 1. The molecule has 3 heterocycles. The number of imidazole rings is 1. The number of aromatic nitrogens is 5. The first-order valence-electron chi connectivity index (χ1n) is 11.5. The highest BCUT2D eigenvalue weighted by Gasteiger charge is 2.23. The summed E-state index contributed by atoms with van der Waals surface area (Å²) in [4.78, 5) is 22.3. The molecule has 1 unspecified atom stereocenters. The lowest BCUT2D eigenvalue weighted by Gasteiger charge is -2.19. The van der Waals surface area contributed by atoms with Gasteiger partial charge in [-0.05, 0) is 40.5 Å². The fourth-order valence-corrected chi connectivity index (χ4v) is 4.33. The molecule has 0 saturated heterocycles. The molecule has 10 heteroatoms. The monoisotopic (exact) mass is 483 g/mol. The number of hydrogen-bond donors (Lipinski definition) is 2. The lowest BCUT2D eigenvalue weighted by Crippen LogP contribution is -2.29. The highest BCUT2D eigenvalue weighted by molar-refractivity contribution is 6.05. The van der Waals surface area contributed by atoms with Crippen molar-refractivity contribution in [3.63, 3.8) is 0 Å². The molecule has 0 spiro atoms. The van der Waals surface area contributed by atoms with E-state index in [9.17, 15) is 4.79 Å². The number of nitrogen functional groups attached to an aromatic ring is 1. The van der Waals surface area contributed by atoms with E-state index in [1.165, 1.54) is 0 Å². The van der Waals surface area contributed by atoms with E-state index in [1.807, 2.05) is 54.0 Å². The number of anilines is 1. The van der Waals surface area contributed by atoms with Gasteiger partial charge in [0.1, 0.15) is 11.3 Å². The van der Waals surface area contributed by atoms with Crippen LogP contribution in [0.2, 0.25) is 0 Å². The average molecular weight is 484 g/mol. The summed E-state index contributed by atoms with van der Waals surface area (Å²) in [5.74, 6) is 1.06. The molecule has 0 aliphatic heterocycles. The van der Waals surface area contributed by atoms with Gasteiger partial charge in [0, 0.05) is 25.2 Å². The molecule has 3 aromatic heterocycles. The Morgan fingerprint density at radius 2 is 1.83 bits per heavy atom. The van der Waals surface area contributed by atoms with Gasteiger partial charge in [0.15, 0.2) is 17.3 Å². The summed E-state index contributed by atoms with van der Waals surface area (Å²) >= 11 is 0. The number of rotatable bonds is 8. The van der Waals surface area contributed by atoms with Crippen molar-refractivity contribution in [3.8, 4) is 17.3 Å². The number of nitrogens with zero attached hydrogens (tertiary/aromatic N) is 5. The maximum absolute atomic E-state index is 13.5. The predicted molar refractivity (Wildman–Crippen MR) is 135 cm³/mol. The van der Waals surface area contributed by atoms with Crippen LogP contribution < -0.4 is 15.8 Å². The van der Waals surface area contributed by atoms with Crippen molar-refractivity contribution in [2.45, 2.75) is 19.4 Å². The highest BCUT2D eigenvalue weighted by atomic mass is 16.6. The van der Waals surface area contributed by atoms with Crippen LogP contribution in [0.25, 0.3) is 22.6 Å². The largest absolute Gasteiger partial charge is 0.497 e. The minimum atomic E-state index is -0.255. The quantitative estimate of drug-likeness (QED) is 0.342. The van der Waals surface area contributed by atoms with Crippen molar-refractivity contribution >= 4 is 22.8 Å². The van der Waals surface area contributed by atoms with Crippen LogP contribution in [0.4, 0.5) is 5.82 Å². The molecular formula is C26H25N7O3. The number of hydrogen-bond acceptors (Lipinski definition) is 8. The second-order valence-corrected chi connectivity index (χ2v) is 8.18. The van der Waals surface area contributed by atoms with Crippen LogP contribution in [0.3, 0.4) is 0 Å². The van der Waals surface area contributed by atoms with Crippen LogP contribution in [0.5, 0.6) is 5.75 Å². The van der Waals surface area contributed by atoms with E-state index in [4.69, 9.17) is 15.1 Å². The van der Waals surface area contributed by atoms with Gasteiger partial charge in [0.05, 0.1) is 24.4 Å². The molecular weight excluding hydrogens is 458 g/mol. The molecule has 2 aromatic carbocycles. The van der Waals surface area contributed by atoms with Crippen molar-refractivity contribution in [2.24, 2.45) is 0 Å². The van der Waals surface area contributed by atoms with Crippen LogP contribution >= 0.6 is 0 Å². The van der Waals surface area contributed by atoms with E-state index in [0.29, 0.717) is 41.2 Å². The fraction of sp³-hybridized carbons (Fsp3) is 0.192. The van der Waals surface area contributed by atoms with Gasteiger partial charge in [-0.15, -0.1) is 0 Å². The molecule has 5 rings (SSSR count). The van der Waals surface area contributed by atoms with E-state index >= 15 is 0 Å². The van der Waals surface area contributed by atoms with Crippen LogP contribution in [-0.4, -0.2) is 44.4 Å². The number of amides is 1. The molecule has 0 aliphatic carbocycles. The standard InChI is InChI=1S/C26H25N7O3/c1-3-33-23-20(13-28-15-21(23)30-25(33)22-24(27)32-36-31-22)26(34)29-14-19(16-7-5-4-6-8-16)17-9-11-18(35-2)12-10-17/h4-13,15,19H,3,14H2,1-2H3,(H2,27,32)(H,29,34). The van der Waals surface area contributed by atoms with E-state index in [-0.39, 0.29) is 17.6 Å². The molecule has 3 N–H and O–H groups in total. The number of methoxy groups -OCH3 is 1. The van der Waals surface area contributed by atoms with Gasteiger partial charge < -0.3 is 20.4 Å². The summed E-state index contributed by atoms with van der Waals surface area (Å²) in [6.07, 6.45) is 3.15. The summed E-state index contributed by atoms with van der Waals surface area (Å²) in [5.41, 5.74) is 9.98. The third-order valence-electron chi connectivity index (χ3n) is 6.12. The summed E-state index contributed by atoms with van der Waals surface area (Å²) < 4.78 is 11.9. The Labute approximate surface area is 207 Å². The third-order valence-corrected chi connectivity index (χ3v) is 6.12. The number of pyridine rings is 1. The van der Waals surface area contributed by atoms with Crippen molar-refractivity contribution in [3.05, 3.63) is 83.7 Å². The molecule has 5 aromatic rings. The molecule has 182 valence electrons. The second-order valence-electron chi connectivity index (χ2n) is 8.18. The zero-order valence-electron chi connectivity index (χ0n) is 19.9. The summed E-state index contributed by atoms with van der Waals surface area (Å²) in [6.45, 7) is 2.87. The fourth-order valence-electron chi connectivity index (χ4n) is 4.33. The third kappa shape index (κ3) is 4.24. The van der Waals surface area contributed by atoms with Gasteiger partial charge in [0.2, 0.25) is 0 Å². The van der Waals surface area contributed by atoms with Gasteiger partial charge in [-0.25, -0.2) is 9.61 Å². The number of carbonyl (C=O) groups excluding carboxylic acids is 1. The number of fused-ring (bicyclic) bond motifs is 1. The van der Waals surface area contributed by atoms with E-state index in [2.05, 4.69) is 37.7 Å². The molecule has 36 heavy (non-hydrogen) atoms. The Bertz CT molecular complexity index is 1490. The maximum atomic E-state index is 13.5. The smallest absolute Gasteiger partial charge is 0.255 e. The second kappa shape index (κ2) is 9.87. The van der Waals surface area contributed by atoms with Gasteiger partial charge in [0.25, 0.3) is 5.91 Å². The van der Waals surface area contributed by atoms with Crippen molar-refractivity contribution in [1.29, 1.82) is 0 Å². The first-order valence-corrected chi connectivity index (χ1v) is 11.5. The maximum Gasteiger partial charge on any atom is 0.255 e. The first kappa shape index (κ1) is 23.0. The first-order chi connectivity index (χ1) is 17.6. The van der Waals surface area contributed by atoms with Crippen molar-refractivity contribution < 1.29 is 14.2 Å². The molecule has 0 fully saturated rings. The lowest BCUT2D eigenvalue weighted by atomic mass is 9.91. The number of nitrogens with one attached hydrogen (secondary N) is 1. The highest BCUT2D eigenvalue weighted by Crippen LogP contribution is 2.29. The SMILES string of the molecule is CCn1c(-c2nonc2N)nc2cncc(C(=O)NCC(c3ccccc3)c3ccc(OC)cc3)c21. The minimum Gasteiger partial charge on any atom is -0.497 e. The Kier molecular flexibility index (Phi) is 6.31. The number of benzene rings is 2. The van der Waals surface area contributed by atoms with Crippen molar-refractivity contribution in [2.75, 3.05) is 19.4 Å². The number of aryl methyl sites for hydroxylation is 1. The van der Waals surface area contributed by atoms with E-state index in [1.54, 1.807) is 19.5 Å². The Hall–Kier alpha value is -4.73. The lowest BCUT2D eigenvalue weighted by molar-refractivity contribution is 0.0953. The molecule has 0 saturated carbocycles. The zero-order valence-corrected chi connectivity index (χ0v) is 19.9.